The van der Waals surface area contributed by atoms with Gasteiger partial charge in [-0.3, -0.25) is 4.90 Å². The lowest BCUT2D eigenvalue weighted by Gasteiger charge is -2.27. The number of piperazine rings is 1. The Morgan fingerprint density at radius 3 is 2.95 bits per heavy atom. The highest BCUT2D eigenvalue weighted by molar-refractivity contribution is 5.73. The van der Waals surface area contributed by atoms with E-state index < -0.39 is 0 Å². The van der Waals surface area contributed by atoms with Crippen LogP contribution in [0.3, 0.4) is 0 Å². The minimum atomic E-state index is -0.163. The van der Waals surface area contributed by atoms with Crippen molar-refractivity contribution in [2.75, 3.05) is 26.2 Å². The van der Waals surface area contributed by atoms with Gasteiger partial charge in [-0.1, -0.05) is 6.07 Å². The molecule has 3 rings (SSSR count). The predicted molar refractivity (Wildman–Crippen MR) is 74.8 cm³/mol. The second kappa shape index (κ2) is 5.28. The highest BCUT2D eigenvalue weighted by Crippen LogP contribution is 2.20. The molecule has 1 fully saturated rings. The minimum absolute atomic E-state index is 0.163. The van der Waals surface area contributed by atoms with Crippen LogP contribution in [0.1, 0.15) is 24.4 Å². The van der Waals surface area contributed by atoms with Gasteiger partial charge in [0.25, 0.3) is 0 Å². The fourth-order valence-corrected chi connectivity index (χ4v) is 2.41. The number of fused-ring (bicyclic) bond motifs is 1. The third kappa shape index (κ3) is 2.78. The maximum Gasteiger partial charge on any atom is 0.212 e. The molecule has 1 aromatic carbocycles. The fourth-order valence-electron chi connectivity index (χ4n) is 2.41. The van der Waals surface area contributed by atoms with Crippen LogP contribution in [-0.2, 0) is 6.54 Å². The van der Waals surface area contributed by atoms with Crippen molar-refractivity contribution in [1.29, 1.82) is 0 Å². The molecule has 1 aliphatic rings. The predicted octanol–water partition coefficient (Wildman–Crippen LogP) is 1.25. The summed E-state index contributed by atoms with van der Waals surface area (Å²) >= 11 is 0. The van der Waals surface area contributed by atoms with Crippen LogP contribution in [0.5, 0.6) is 0 Å². The maximum atomic E-state index is 5.79. The van der Waals surface area contributed by atoms with Gasteiger partial charge < -0.3 is 15.5 Å². The van der Waals surface area contributed by atoms with Gasteiger partial charge >= 0.3 is 0 Å². The van der Waals surface area contributed by atoms with Crippen molar-refractivity contribution in [1.82, 2.24) is 15.2 Å². The monoisotopic (exact) mass is 260 g/mol. The summed E-state index contributed by atoms with van der Waals surface area (Å²) in [6.45, 7) is 7.19. The van der Waals surface area contributed by atoms with E-state index in [1.807, 2.05) is 13.0 Å². The molecule has 1 aliphatic heterocycles. The minimum Gasteiger partial charge on any atom is -0.439 e. The highest BCUT2D eigenvalue weighted by atomic mass is 16.3. The summed E-state index contributed by atoms with van der Waals surface area (Å²) in [6.07, 6.45) is 0. The number of hydrogen-bond acceptors (Lipinski definition) is 5. The Morgan fingerprint density at radius 2 is 2.21 bits per heavy atom. The van der Waals surface area contributed by atoms with Gasteiger partial charge in [0.05, 0.1) is 6.04 Å². The number of nitrogens with one attached hydrogen (secondary N) is 1. The number of nitrogens with zero attached hydrogens (tertiary/aromatic N) is 2. The van der Waals surface area contributed by atoms with Gasteiger partial charge in [0.2, 0.25) is 5.89 Å². The molecule has 5 heteroatoms. The zero-order valence-corrected chi connectivity index (χ0v) is 11.2. The van der Waals surface area contributed by atoms with Crippen LogP contribution in [-0.4, -0.2) is 36.1 Å². The van der Waals surface area contributed by atoms with E-state index in [9.17, 15) is 0 Å². The first-order valence-corrected chi connectivity index (χ1v) is 6.80. The van der Waals surface area contributed by atoms with E-state index in [2.05, 4.69) is 27.3 Å². The number of benzene rings is 1. The molecule has 0 bridgehead atoms. The zero-order valence-electron chi connectivity index (χ0n) is 11.2. The SMILES string of the molecule is CC(N)c1nc2cc(CN3CCNCC3)ccc2o1. The van der Waals surface area contributed by atoms with Crippen molar-refractivity contribution >= 4 is 11.1 Å². The maximum absolute atomic E-state index is 5.79. The number of nitrogens with two attached hydrogens (primary N) is 1. The van der Waals surface area contributed by atoms with Crippen LogP contribution in [0.4, 0.5) is 0 Å². The molecule has 0 radical (unpaired) electrons. The molecular weight excluding hydrogens is 240 g/mol. The molecule has 19 heavy (non-hydrogen) atoms. The van der Waals surface area contributed by atoms with Gasteiger partial charge in [0.1, 0.15) is 5.52 Å². The van der Waals surface area contributed by atoms with E-state index >= 15 is 0 Å². The highest BCUT2D eigenvalue weighted by Gasteiger charge is 2.12. The van der Waals surface area contributed by atoms with Gasteiger partial charge in [-0.2, -0.15) is 0 Å². The molecule has 0 amide bonds. The molecule has 3 N–H and O–H groups in total. The van der Waals surface area contributed by atoms with Crippen LogP contribution in [0.15, 0.2) is 22.6 Å². The topological polar surface area (TPSA) is 67.3 Å². The molecule has 0 saturated carbocycles. The van der Waals surface area contributed by atoms with Crippen LogP contribution in [0.25, 0.3) is 11.1 Å². The summed E-state index contributed by atoms with van der Waals surface area (Å²) in [6, 6.07) is 6.04. The number of hydrogen-bond donors (Lipinski definition) is 2. The van der Waals surface area contributed by atoms with E-state index in [1.165, 1.54) is 5.56 Å². The standard InChI is InChI=1S/C14H20N4O/c1-10(15)14-17-12-8-11(2-3-13(12)19-14)9-18-6-4-16-5-7-18/h2-3,8,10,16H,4-7,9,15H2,1H3. The van der Waals surface area contributed by atoms with Gasteiger partial charge in [0.15, 0.2) is 5.58 Å². The summed E-state index contributed by atoms with van der Waals surface area (Å²) in [5.41, 5.74) is 8.79. The van der Waals surface area contributed by atoms with Crippen LogP contribution in [0, 0.1) is 0 Å². The van der Waals surface area contributed by atoms with E-state index in [-0.39, 0.29) is 6.04 Å². The third-order valence-corrected chi connectivity index (χ3v) is 3.47. The van der Waals surface area contributed by atoms with Gasteiger partial charge in [-0.15, -0.1) is 0 Å². The largest absolute Gasteiger partial charge is 0.439 e. The summed E-state index contributed by atoms with van der Waals surface area (Å²) in [5, 5.41) is 3.36. The first-order chi connectivity index (χ1) is 9.22. The Hall–Kier alpha value is -1.43. The van der Waals surface area contributed by atoms with Crippen LogP contribution >= 0.6 is 0 Å². The third-order valence-electron chi connectivity index (χ3n) is 3.47. The number of rotatable bonds is 3. The van der Waals surface area contributed by atoms with Crippen molar-refractivity contribution in [3.63, 3.8) is 0 Å². The number of oxazole rings is 1. The van der Waals surface area contributed by atoms with Crippen molar-refractivity contribution in [3.8, 4) is 0 Å². The van der Waals surface area contributed by atoms with Crippen molar-refractivity contribution in [3.05, 3.63) is 29.7 Å². The van der Waals surface area contributed by atoms with E-state index in [1.54, 1.807) is 0 Å². The number of aromatic nitrogens is 1. The Bertz CT molecular complexity index is 558. The Balaban J connectivity index is 1.80. The molecule has 5 nitrogen and oxygen atoms in total. The lowest BCUT2D eigenvalue weighted by Crippen LogP contribution is -2.42. The molecule has 2 aromatic rings. The van der Waals surface area contributed by atoms with Crippen LogP contribution < -0.4 is 11.1 Å². The molecule has 0 aliphatic carbocycles. The lowest BCUT2D eigenvalue weighted by molar-refractivity contribution is 0.233. The average Bonchev–Trinajstić information content (AvgIpc) is 2.83. The first kappa shape index (κ1) is 12.6. The lowest BCUT2D eigenvalue weighted by atomic mass is 10.2. The molecule has 102 valence electrons. The second-order valence-corrected chi connectivity index (χ2v) is 5.17. The smallest absolute Gasteiger partial charge is 0.212 e. The fraction of sp³-hybridized carbons (Fsp3) is 0.500. The second-order valence-electron chi connectivity index (χ2n) is 5.17. The Kier molecular flexibility index (Phi) is 3.50. The molecule has 1 atom stereocenters. The summed E-state index contributed by atoms with van der Waals surface area (Å²) < 4.78 is 5.61. The normalized spacial score (nSPS) is 18.8. The summed E-state index contributed by atoms with van der Waals surface area (Å²) in [5.74, 6) is 0.606. The Labute approximate surface area is 112 Å². The molecule has 1 aromatic heterocycles. The molecule has 1 saturated heterocycles. The van der Waals surface area contributed by atoms with Gasteiger partial charge in [0, 0.05) is 32.7 Å². The Morgan fingerprint density at radius 1 is 1.42 bits per heavy atom. The van der Waals surface area contributed by atoms with E-state index in [0.717, 1.165) is 43.8 Å². The van der Waals surface area contributed by atoms with Crippen LogP contribution in [0.2, 0.25) is 0 Å². The molecule has 1 unspecified atom stereocenters. The van der Waals surface area contributed by atoms with E-state index in [4.69, 9.17) is 10.2 Å². The first-order valence-electron chi connectivity index (χ1n) is 6.80. The zero-order chi connectivity index (χ0) is 13.2. The van der Waals surface area contributed by atoms with E-state index in [0.29, 0.717) is 5.89 Å². The molecular formula is C14H20N4O. The molecule has 0 spiro atoms. The summed E-state index contributed by atoms with van der Waals surface area (Å²) in [4.78, 5) is 6.89. The van der Waals surface area contributed by atoms with Crippen molar-refractivity contribution in [2.24, 2.45) is 5.73 Å². The van der Waals surface area contributed by atoms with Gasteiger partial charge in [-0.25, -0.2) is 4.98 Å². The van der Waals surface area contributed by atoms with Gasteiger partial charge in [-0.05, 0) is 24.6 Å². The van der Waals surface area contributed by atoms with Crippen molar-refractivity contribution in [2.45, 2.75) is 19.5 Å². The van der Waals surface area contributed by atoms with Crippen molar-refractivity contribution < 1.29 is 4.42 Å². The quantitative estimate of drug-likeness (QED) is 0.869. The average molecular weight is 260 g/mol. The summed E-state index contributed by atoms with van der Waals surface area (Å²) in [7, 11) is 0. The molecule has 2 heterocycles.